The first-order valence-electron chi connectivity index (χ1n) is 9.09. The van der Waals surface area contributed by atoms with Crippen molar-refractivity contribution in [2.45, 2.75) is 25.9 Å². The third kappa shape index (κ3) is 5.37. The Hall–Kier alpha value is -3.29. The van der Waals surface area contributed by atoms with Crippen LogP contribution < -0.4 is 10.1 Å². The lowest BCUT2D eigenvalue weighted by Crippen LogP contribution is -2.16. The number of carbonyl (C=O) groups excluding carboxylic acids is 1. The Labute approximate surface area is 166 Å². The van der Waals surface area contributed by atoms with Crippen LogP contribution in [0.25, 0.3) is 5.69 Å². The van der Waals surface area contributed by atoms with Crippen molar-refractivity contribution in [3.05, 3.63) is 72.1 Å². The van der Waals surface area contributed by atoms with Crippen molar-refractivity contribution >= 4 is 11.6 Å². The van der Waals surface area contributed by atoms with Crippen LogP contribution >= 0.6 is 0 Å². The molecule has 0 unspecified atom stereocenters. The lowest BCUT2D eigenvalue weighted by atomic mass is 10.1. The summed E-state index contributed by atoms with van der Waals surface area (Å²) in [5.41, 5.74) is 0.615. The van der Waals surface area contributed by atoms with Gasteiger partial charge in [-0.15, -0.1) is 0 Å². The van der Waals surface area contributed by atoms with Gasteiger partial charge in [0.2, 0.25) is 5.91 Å². The SMILES string of the molecule is CCCOc1ccc(C(F)(F)F)cc1NC(=O)Cc1cnn(-c2ccccc2)c1. The van der Waals surface area contributed by atoms with Crippen molar-refractivity contribution < 1.29 is 22.7 Å². The maximum atomic E-state index is 13.0. The molecule has 5 nitrogen and oxygen atoms in total. The molecule has 1 N–H and O–H groups in total. The molecule has 0 fully saturated rings. The molecule has 0 aliphatic heterocycles. The third-order valence-electron chi connectivity index (χ3n) is 4.06. The average molecular weight is 403 g/mol. The van der Waals surface area contributed by atoms with Crippen LogP contribution in [-0.4, -0.2) is 22.3 Å². The van der Waals surface area contributed by atoms with Gasteiger partial charge in [-0.05, 0) is 42.3 Å². The largest absolute Gasteiger partial charge is 0.491 e. The van der Waals surface area contributed by atoms with Crippen molar-refractivity contribution in [3.8, 4) is 11.4 Å². The number of alkyl halides is 3. The molecule has 8 heteroatoms. The molecule has 0 radical (unpaired) electrons. The molecule has 3 rings (SSSR count). The lowest BCUT2D eigenvalue weighted by molar-refractivity contribution is -0.137. The van der Waals surface area contributed by atoms with Gasteiger partial charge >= 0.3 is 6.18 Å². The van der Waals surface area contributed by atoms with Gasteiger partial charge in [-0.2, -0.15) is 18.3 Å². The first kappa shape index (κ1) is 20.4. The second kappa shape index (κ2) is 8.81. The highest BCUT2D eigenvalue weighted by atomic mass is 19.4. The number of benzene rings is 2. The number of carbonyl (C=O) groups is 1. The Morgan fingerprint density at radius 3 is 2.62 bits per heavy atom. The second-order valence-electron chi connectivity index (χ2n) is 6.41. The summed E-state index contributed by atoms with van der Waals surface area (Å²) in [6.45, 7) is 2.21. The normalized spacial score (nSPS) is 11.3. The molecule has 1 amide bonds. The first-order chi connectivity index (χ1) is 13.9. The zero-order valence-electron chi connectivity index (χ0n) is 15.7. The molecule has 29 heavy (non-hydrogen) atoms. The molecule has 1 heterocycles. The summed E-state index contributed by atoms with van der Waals surface area (Å²) < 4.78 is 46.2. The number of hydrogen-bond donors (Lipinski definition) is 1. The zero-order chi connectivity index (χ0) is 20.9. The third-order valence-corrected chi connectivity index (χ3v) is 4.06. The Kier molecular flexibility index (Phi) is 6.21. The van der Waals surface area contributed by atoms with E-state index in [9.17, 15) is 18.0 Å². The van der Waals surface area contributed by atoms with Crippen molar-refractivity contribution in [2.24, 2.45) is 0 Å². The smallest absolute Gasteiger partial charge is 0.416 e. The zero-order valence-corrected chi connectivity index (χ0v) is 15.7. The number of nitrogens with one attached hydrogen (secondary N) is 1. The van der Waals surface area contributed by atoms with Gasteiger partial charge in [0.15, 0.2) is 0 Å². The molecule has 152 valence electrons. The van der Waals surface area contributed by atoms with Gasteiger partial charge in [0.05, 0.1) is 36.2 Å². The van der Waals surface area contributed by atoms with Gasteiger partial charge in [0, 0.05) is 6.20 Å². The molecule has 1 aromatic heterocycles. The van der Waals surface area contributed by atoms with E-state index in [-0.39, 0.29) is 17.9 Å². The highest BCUT2D eigenvalue weighted by Crippen LogP contribution is 2.35. The van der Waals surface area contributed by atoms with Crippen LogP contribution in [0, 0.1) is 0 Å². The fourth-order valence-electron chi connectivity index (χ4n) is 2.69. The van der Waals surface area contributed by atoms with Crippen LogP contribution in [0.1, 0.15) is 24.5 Å². The highest BCUT2D eigenvalue weighted by molar-refractivity contribution is 5.93. The van der Waals surface area contributed by atoms with Crippen molar-refractivity contribution in [1.82, 2.24) is 9.78 Å². The number of hydrogen-bond acceptors (Lipinski definition) is 3. The predicted octanol–water partition coefficient (Wildman–Crippen LogP) is 4.86. The second-order valence-corrected chi connectivity index (χ2v) is 6.41. The molecule has 0 atom stereocenters. The van der Waals surface area contributed by atoms with E-state index in [1.54, 1.807) is 17.1 Å². The maximum absolute atomic E-state index is 13.0. The van der Waals surface area contributed by atoms with Gasteiger partial charge in [-0.3, -0.25) is 4.79 Å². The summed E-state index contributed by atoms with van der Waals surface area (Å²) in [5, 5.41) is 6.74. The van der Waals surface area contributed by atoms with Gasteiger partial charge in [-0.1, -0.05) is 25.1 Å². The molecule has 0 saturated carbocycles. The van der Waals surface area contributed by atoms with Crippen molar-refractivity contribution in [3.63, 3.8) is 0 Å². The number of anilines is 1. The van der Waals surface area contributed by atoms with Crippen molar-refractivity contribution in [2.75, 3.05) is 11.9 Å². The van der Waals surface area contributed by atoms with Crippen LogP contribution in [0.5, 0.6) is 5.75 Å². The number of nitrogens with zero attached hydrogens (tertiary/aromatic N) is 2. The maximum Gasteiger partial charge on any atom is 0.416 e. The minimum Gasteiger partial charge on any atom is -0.491 e. The van der Waals surface area contributed by atoms with Crippen LogP contribution in [0.3, 0.4) is 0 Å². The molecular weight excluding hydrogens is 383 g/mol. The van der Waals surface area contributed by atoms with Gasteiger partial charge in [0.25, 0.3) is 0 Å². The number of halogens is 3. The summed E-state index contributed by atoms with van der Waals surface area (Å²) in [6, 6.07) is 12.4. The van der Waals surface area contributed by atoms with Crippen LogP contribution in [0.15, 0.2) is 60.9 Å². The van der Waals surface area contributed by atoms with E-state index < -0.39 is 17.6 Å². The summed E-state index contributed by atoms with van der Waals surface area (Å²) in [6.07, 6.45) is -0.605. The Balaban J connectivity index is 1.75. The van der Waals surface area contributed by atoms with Crippen LogP contribution in [0.2, 0.25) is 0 Å². The van der Waals surface area contributed by atoms with Gasteiger partial charge < -0.3 is 10.1 Å². The molecule has 2 aromatic carbocycles. The van der Waals surface area contributed by atoms with E-state index in [2.05, 4.69) is 10.4 Å². The summed E-state index contributed by atoms with van der Waals surface area (Å²) in [5.74, 6) is -0.258. The fourth-order valence-corrected chi connectivity index (χ4v) is 2.69. The van der Waals surface area contributed by atoms with E-state index in [1.807, 2.05) is 37.3 Å². The lowest BCUT2D eigenvalue weighted by Gasteiger charge is -2.15. The minimum atomic E-state index is -4.51. The molecule has 0 bridgehead atoms. The molecule has 0 aliphatic rings. The average Bonchev–Trinajstić information content (AvgIpc) is 3.15. The molecule has 0 aliphatic carbocycles. The number of rotatable bonds is 7. The fraction of sp³-hybridized carbons (Fsp3) is 0.238. The Bertz CT molecular complexity index is 969. The van der Waals surface area contributed by atoms with Gasteiger partial charge in [0.1, 0.15) is 5.75 Å². The number of para-hydroxylation sites is 1. The summed E-state index contributed by atoms with van der Waals surface area (Å²) >= 11 is 0. The van der Waals surface area contributed by atoms with E-state index >= 15 is 0 Å². The minimum absolute atomic E-state index is 0.00581. The molecule has 0 spiro atoms. The predicted molar refractivity (Wildman–Crippen MR) is 103 cm³/mol. The van der Waals surface area contributed by atoms with Crippen molar-refractivity contribution in [1.29, 1.82) is 0 Å². The van der Waals surface area contributed by atoms with Gasteiger partial charge in [-0.25, -0.2) is 4.68 Å². The number of aromatic nitrogens is 2. The van der Waals surface area contributed by atoms with E-state index in [0.717, 1.165) is 17.8 Å². The van der Waals surface area contributed by atoms with E-state index in [1.165, 1.54) is 6.07 Å². The standard InChI is InChI=1S/C21H20F3N3O2/c1-2-10-29-19-9-8-16(21(22,23)24)12-18(19)26-20(28)11-15-13-25-27(14-15)17-6-4-3-5-7-17/h3-9,12-14H,2,10-11H2,1H3,(H,26,28). The number of ether oxygens (including phenoxy) is 1. The molecule has 3 aromatic rings. The highest BCUT2D eigenvalue weighted by Gasteiger charge is 2.31. The first-order valence-corrected chi connectivity index (χ1v) is 9.09. The monoisotopic (exact) mass is 403 g/mol. The molecular formula is C21H20F3N3O2. The molecule has 0 saturated heterocycles. The Morgan fingerprint density at radius 1 is 1.17 bits per heavy atom. The van der Waals surface area contributed by atoms with Crippen LogP contribution in [-0.2, 0) is 17.4 Å². The summed E-state index contributed by atoms with van der Waals surface area (Å²) in [4.78, 5) is 12.4. The Morgan fingerprint density at radius 2 is 1.93 bits per heavy atom. The quantitative estimate of drug-likeness (QED) is 0.613. The van der Waals surface area contributed by atoms with Crippen LogP contribution in [0.4, 0.5) is 18.9 Å². The summed E-state index contributed by atoms with van der Waals surface area (Å²) in [7, 11) is 0. The van der Waals surface area contributed by atoms with E-state index in [4.69, 9.17) is 4.74 Å². The topological polar surface area (TPSA) is 56.1 Å². The van der Waals surface area contributed by atoms with E-state index in [0.29, 0.717) is 18.6 Å². The number of amides is 1.